The molecular formula is C21H22FN5. The zero-order valence-electron chi connectivity index (χ0n) is 15.2. The van der Waals surface area contributed by atoms with Gasteiger partial charge in [-0.05, 0) is 68.3 Å². The van der Waals surface area contributed by atoms with Crippen molar-refractivity contribution in [2.45, 2.75) is 19.8 Å². The number of nitrogens with zero attached hydrogens (tertiary/aromatic N) is 3. The Labute approximate surface area is 158 Å². The van der Waals surface area contributed by atoms with Crippen LogP contribution in [0.2, 0.25) is 0 Å². The number of anilines is 5. The van der Waals surface area contributed by atoms with Crippen LogP contribution in [-0.4, -0.2) is 23.1 Å². The van der Waals surface area contributed by atoms with Gasteiger partial charge in [0.25, 0.3) is 0 Å². The van der Waals surface area contributed by atoms with E-state index >= 15 is 0 Å². The maximum Gasteiger partial charge on any atom is 0.136 e. The second-order valence-corrected chi connectivity index (χ2v) is 6.68. The lowest BCUT2D eigenvalue weighted by Crippen LogP contribution is -2.17. The molecule has 138 valence electrons. The first kappa shape index (κ1) is 17.3. The number of aromatic nitrogens is 2. The molecule has 3 aromatic rings. The molecule has 1 saturated heterocycles. The third-order valence-corrected chi connectivity index (χ3v) is 4.57. The fourth-order valence-corrected chi connectivity index (χ4v) is 3.26. The summed E-state index contributed by atoms with van der Waals surface area (Å²) in [5, 5.41) is 6.51. The van der Waals surface area contributed by atoms with E-state index < -0.39 is 0 Å². The number of hydrogen-bond donors (Lipinski definition) is 2. The van der Waals surface area contributed by atoms with Gasteiger partial charge in [0.1, 0.15) is 23.3 Å². The lowest BCUT2D eigenvalue weighted by Gasteiger charge is -2.18. The summed E-state index contributed by atoms with van der Waals surface area (Å²) in [6.07, 6.45) is 2.54. The number of hydrogen-bond acceptors (Lipinski definition) is 5. The normalized spacial score (nSPS) is 13.6. The molecule has 5 nitrogen and oxygen atoms in total. The van der Waals surface area contributed by atoms with Crippen molar-refractivity contribution >= 4 is 28.7 Å². The molecule has 0 spiro atoms. The predicted octanol–water partition coefficient (Wildman–Crippen LogP) is 5.01. The highest BCUT2D eigenvalue weighted by Gasteiger charge is 2.12. The number of benzene rings is 2. The lowest BCUT2D eigenvalue weighted by atomic mass is 10.2. The molecule has 4 rings (SSSR count). The van der Waals surface area contributed by atoms with E-state index in [-0.39, 0.29) is 5.82 Å². The quantitative estimate of drug-likeness (QED) is 0.667. The van der Waals surface area contributed by atoms with Crippen molar-refractivity contribution in [3.05, 3.63) is 66.2 Å². The summed E-state index contributed by atoms with van der Waals surface area (Å²) in [6.45, 7) is 4.12. The van der Waals surface area contributed by atoms with Gasteiger partial charge in [-0.15, -0.1) is 0 Å². The van der Waals surface area contributed by atoms with E-state index in [1.54, 1.807) is 12.1 Å². The summed E-state index contributed by atoms with van der Waals surface area (Å²) in [7, 11) is 0. The summed E-state index contributed by atoms with van der Waals surface area (Å²) >= 11 is 0. The Bertz CT molecular complexity index is 903. The monoisotopic (exact) mass is 363 g/mol. The van der Waals surface area contributed by atoms with Crippen LogP contribution in [-0.2, 0) is 0 Å². The van der Waals surface area contributed by atoms with E-state index in [4.69, 9.17) is 0 Å². The molecule has 0 unspecified atom stereocenters. The van der Waals surface area contributed by atoms with Crippen molar-refractivity contribution in [1.29, 1.82) is 0 Å². The van der Waals surface area contributed by atoms with Gasteiger partial charge in [-0.25, -0.2) is 14.4 Å². The van der Waals surface area contributed by atoms with Crippen molar-refractivity contribution in [2.24, 2.45) is 0 Å². The summed E-state index contributed by atoms with van der Waals surface area (Å²) in [6, 6.07) is 16.4. The van der Waals surface area contributed by atoms with Gasteiger partial charge in [-0.2, -0.15) is 0 Å². The minimum absolute atomic E-state index is 0.265. The first-order valence-corrected chi connectivity index (χ1v) is 9.16. The Hall–Kier alpha value is -3.15. The third kappa shape index (κ3) is 4.34. The molecule has 6 heteroatoms. The molecule has 27 heavy (non-hydrogen) atoms. The molecule has 2 aromatic carbocycles. The highest BCUT2D eigenvalue weighted by atomic mass is 19.1. The zero-order chi connectivity index (χ0) is 18.6. The average Bonchev–Trinajstić information content (AvgIpc) is 3.19. The molecule has 0 radical (unpaired) electrons. The van der Waals surface area contributed by atoms with Crippen LogP contribution in [0.25, 0.3) is 0 Å². The van der Waals surface area contributed by atoms with Crippen molar-refractivity contribution < 1.29 is 4.39 Å². The van der Waals surface area contributed by atoms with Gasteiger partial charge in [0.15, 0.2) is 0 Å². The Morgan fingerprint density at radius 1 is 0.815 bits per heavy atom. The SMILES string of the molecule is Cc1nc(Nc2ccc(F)cc2)cc(Nc2ccc(N3CCCC3)cc2)n1. The second-order valence-electron chi connectivity index (χ2n) is 6.68. The Morgan fingerprint density at radius 2 is 1.33 bits per heavy atom. The predicted molar refractivity (Wildman–Crippen MR) is 108 cm³/mol. The van der Waals surface area contributed by atoms with Crippen LogP contribution in [0.4, 0.5) is 33.1 Å². The molecule has 1 fully saturated rings. The summed E-state index contributed by atoms with van der Waals surface area (Å²) < 4.78 is 13.1. The zero-order valence-corrected chi connectivity index (χ0v) is 15.2. The lowest BCUT2D eigenvalue weighted by molar-refractivity contribution is 0.628. The van der Waals surface area contributed by atoms with Gasteiger partial charge in [0.05, 0.1) is 0 Å². The number of nitrogens with one attached hydrogen (secondary N) is 2. The van der Waals surface area contributed by atoms with Gasteiger partial charge < -0.3 is 15.5 Å². The average molecular weight is 363 g/mol. The molecule has 2 heterocycles. The van der Waals surface area contributed by atoms with Crippen LogP contribution in [0.5, 0.6) is 0 Å². The van der Waals surface area contributed by atoms with Gasteiger partial charge in [-0.1, -0.05) is 0 Å². The summed E-state index contributed by atoms with van der Waals surface area (Å²) in [5.74, 6) is 1.75. The van der Waals surface area contributed by atoms with Crippen LogP contribution >= 0.6 is 0 Å². The Kier molecular flexibility index (Phi) is 4.87. The highest BCUT2D eigenvalue weighted by Crippen LogP contribution is 2.24. The highest BCUT2D eigenvalue weighted by molar-refractivity contribution is 5.65. The van der Waals surface area contributed by atoms with Gasteiger partial charge >= 0.3 is 0 Å². The number of halogens is 1. The number of rotatable bonds is 5. The van der Waals surface area contributed by atoms with Gasteiger partial charge in [0, 0.05) is 36.2 Å². The van der Waals surface area contributed by atoms with Crippen molar-refractivity contribution in [1.82, 2.24) is 9.97 Å². The van der Waals surface area contributed by atoms with Crippen molar-refractivity contribution in [3.63, 3.8) is 0 Å². The van der Waals surface area contributed by atoms with E-state index in [0.717, 1.165) is 24.5 Å². The van der Waals surface area contributed by atoms with Gasteiger partial charge in [0.2, 0.25) is 0 Å². The topological polar surface area (TPSA) is 53.1 Å². The number of aryl methyl sites for hydroxylation is 1. The van der Waals surface area contributed by atoms with E-state index in [2.05, 4.69) is 49.8 Å². The Balaban J connectivity index is 1.48. The first-order chi connectivity index (χ1) is 13.2. The molecule has 1 aliphatic rings. The molecule has 0 bridgehead atoms. The minimum atomic E-state index is -0.265. The molecule has 2 N–H and O–H groups in total. The molecule has 0 aliphatic carbocycles. The maximum absolute atomic E-state index is 13.1. The van der Waals surface area contributed by atoms with E-state index in [9.17, 15) is 4.39 Å². The Morgan fingerprint density at radius 3 is 1.89 bits per heavy atom. The van der Waals surface area contributed by atoms with Crippen molar-refractivity contribution in [2.75, 3.05) is 28.6 Å². The minimum Gasteiger partial charge on any atom is -0.372 e. The first-order valence-electron chi connectivity index (χ1n) is 9.16. The molecular weight excluding hydrogens is 341 g/mol. The third-order valence-electron chi connectivity index (χ3n) is 4.57. The molecule has 0 atom stereocenters. The molecule has 0 amide bonds. The molecule has 1 aliphatic heterocycles. The van der Waals surface area contributed by atoms with Crippen molar-refractivity contribution in [3.8, 4) is 0 Å². The van der Waals surface area contributed by atoms with Crippen LogP contribution < -0.4 is 15.5 Å². The maximum atomic E-state index is 13.1. The molecule has 0 saturated carbocycles. The van der Waals surface area contributed by atoms with Crippen LogP contribution in [0.1, 0.15) is 18.7 Å². The van der Waals surface area contributed by atoms with E-state index in [0.29, 0.717) is 17.5 Å². The van der Waals surface area contributed by atoms with Crippen LogP contribution in [0.15, 0.2) is 54.6 Å². The standard InChI is InChI=1S/C21H22FN5/c1-15-23-20(25-17-6-4-16(22)5-7-17)14-21(24-15)26-18-8-10-19(11-9-18)27-12-2-3-13-27/h4-11,14H,2-3,12-13H2,1H3,(H2,23,24,25,26). The van der Waals surface area contributed by atoms with Gasteiger partial charge in [-0.3, -0.25) is 0 Å². The summed E-state index contributed by atoms with van der Waals surface area (Å²) in [5.41, 5.74) is 3.01. The van der Waals surface area contributed by atoms with Crippen LogP contribution in [0.3, 0.4) is 0 Å². The fourth-order valence-electron chi connectivity index (χ4n) is 3.26. The van der Waals surface area contributed by atoms with E-state index in [1.807, 2.05) is 13.0 Å². The van der Waals surface area contributed by atoms with Crippen LogP contribution in [0, 0.1) is 12.7 Å². The second kappa shape index (κ2) is 7.61. The smallest absolute Gasteiger partial charge is 0.136 e. The molecule has 1 aromatic heterocycles. The fraction of sp³-hybridized carbons (Fsp3) is 0.238. The largest absolute Gasteiger partial charge is 0.372 e. The summed E-state index contributed by atoms with van der Waals surface area (Å²) in [4.78, 5) is 11.3. The van der Waals surface area contributed by atoms with E-state index in [1.165, 1.54) is 30.7 Å².